The van der Waals surface area contributed by atoms with Crippen LogP contribution in [0.2, 0.25) is 0 Å². The molecule has 2 aliphatic carbocycles. The van der Waals surface area contributed by atoms with Crippen molar-refractivity contribution in [2.75, 3.05) is 11.4 Å². The summed E-state index contributed by atoms with van der Waals surface area (Å²) >= 11 is 0. The van der Waals surface area contributed by atoms with Gasteiger partial charge in [-0.15, -0.1) is 0 Å². The number of aromatic hydroxyl groups is 2. The number of phenols is 2. The summed E-state index contributed by atoms with van der Waals surface area (Å²) in [6, 6.07) is 22.4. The van der Waals surface area contributed by atoms with Gasteiger partial charge in [-0.05, 0) is 79.6 Å². The Morgan fingerprint density at radius 1 is 0.814 bits per heavy atom. The van der Waals surface area contributed by atoms with E-state index in [1.54, 1.807) is 66.7 Å². The fraction of sp³-hybridized carbons (Fsp3) is 0.314. The minimum absolute atomic E-state index is 0.0540. The minimum Gasteiger partial charge on any atom is -0.508 e. The zero-order chi connectivity index (χ0) is 30.0. The Balaban J connectivity index is 1.28. The molecule has 3 aromatic carbocycles. The number of carbonyl (C=O) groups is 4. The van der Waals surface area contributed by atoms with Crippen molar-refractivity contribution in [3.63, 3.8) is 0 Å². The SMILES string of the molecule is C[C@@]12C(=O)N(c3ccccc3)C(=O)[C@@H]1C[C@@H]1C(=CC[C@@H]3C(=O)N(CCc4ccc(O)cc4)C(=O)[C@@H]31)[C@@H]2c1cccc(O)c1. The average molecular weight is 577 g/mol. The predicted molar refractivity (Wildman–Crippen MR) is 158 cm³/mol. The first-order valence-corrected chi connectivity index (χ1v) is 14.8. The Hall–Kier alpha value is -4.72. The number of carbonyl (C=O) groups excluding carboxylic acids is 4. The van der Waals surface area contributed by atoms with Crippen molar-refractivity contribution in [3.05, 3.63) is 102 Å². The van der Waals surface area contributed by atoms with Gasteiger partial charge in [0.15, 0.2) is 0 Å². The minimum atomic E-state index is -1.14. The first-order chi connectivity index (χ1) is 20.7. The van der Waals surface area contributed by atoms with Crippen molar-refractivity contribution >= 4 is 29.3 Å². The topological polar surface area (TPSA) is 115 Å². The summed E-state index contributed by atoms with van der Waals surface area (Å²) < 4.78 is 0. The Kier molecular flexibility index (Phi) is 6.27. The molecule has 0 spiro atoms. The number of imide groups is 2. The summed E-state index contributed by atoms with van der Waals surface area (Å²) in [4.78, 5) is 58.7. The Bertz CT molecular complexity index is 1680. The zero-order valence-corrected chi connectivity index (χ0v) is 23.7. The molecule has 4 amide bonds. The fourth-order valence-corrected chi connectivity index (χ4v) is 8.11. The number of amides is 4. The number of likely N-dealkylation sites (tertiary alicyclic amines) is 1. The van der Waals surface area contributed by atoms with Gasteiger partial charge in [-0.2, -0.15) is 0 Å². The summed E-state index contributed by atoms with van der Waals surface area (Å²) in [5.74, 6) is -3.63. The highest BCUT2D eigenvalue weighted by Crippen LogP contribution is 2.63. The fourth-order valence-electron chi connectivity index (χ4n) is 8.11. The van der Waals surface area contributed by atoms with Gasteiger partial charge in [-0.1, -0.05) is 54.1 Å². The van der Waals surface area contributed by atoms with E-state index >= 15 is 0 Å². The number of rotatable bonds is 5. The van der Waals surface area contributed by atoms with Crippen LogP contribution in [0.25, 0.3) is 0 Å². The first-order valence-electron chi connectivity index (χ1n) is 14.8. The predicted octanol–water partition coefficient (Wildman–Crippen LogP) is 4.57. The van der Waals surface area contributed by atoms with Crippen LogP contribution in [-0.4, -0.2) is 45.3 Å². The lowest BCUT2D eigenvalue weighted by Crippen LogP contribution is -2.48. The summed E-state index contributed by atoms with van der Waals surface area (Å²) in [6.07, 6.45) is 3.14. The van der Waals surface area contributed by atoms with Crippen LogP contribution in [-0.2, 0) is 25.6 Å². The van der Waals surface area contributed by atoms with Crippen molar-refractivity contribution in [3.8, 4) is 11.5 Å². The van der Waals surface area contributed by atoms with Crippen LogP contribution < -0.4 is 4.90 Å². The Labute approximate surface area is 249 Å². The maximum Gasteiger partial charge on any atom is 0.241 e. The third kappa shape index (κ3) is 4.03. The van der Waals surface area contributed by atoms with Gasteiger partial charge >= 0.3 is 0 Å². The smallest absolute Gasteiger partial charge is 0.241 e. The first kappa shape index (κ1) is 27.1. The molecule has 1 saturated carbocycles. The van der Waals surface area contributed by atoms with E-state index in [9.17, 15) is 29.4 Å². The average Bonchev–Trinajstić information content (AvgIpc) is 3.36. The molecule has 0 aromatic heterocycles. The molecular weight excluding hydrogens is 544 g/mol. The van der Waals surface area contributed by atoms with Gasteiger partial charge < -0.3 is 10.2 Å². The van der Waals surface area contributed by atoms with Gasteiger partial charge in [0, 0.05) is 12.5 Å². The van der Waals surface area contributed by atoms with E-state index in [-0.39, 0.29) is 48.1 Å². The summed E-state index contributed by atoms with van der Waals surface area (Å²) in [6.45, 7) is 2.07. The van der Waals surface area contributed by atoms with Crippen LogP contribution in [0.1, 0.15) is 36.8 Å². The van der Waals surface area contributed by atoms with Crippen LogP contribution in [0, 0.1) is 29.1 Å². The molecule has 218 valence electrons. The molecule has 43 heavy (non-hydrogen) atoms. The lowest BCUT2D eigenvalue weighted by atomic mass is 9.51. The lowest BCUT2D eigenvalue weighted by molar-refractivity contribution is -0.140. The number of fused-ring (bicyclic) bond motifs is 4. The number of nitrogens with zero attached hydrogens (tertiary/aromatic N) is 2. The van der Waals surface area contributed by atoms with Gasteiger partial charge in [0.25, 0.3) is 0 Å². The van der Waals surface area contributed by atoms with Crippen molar-refractivity contribution in [1.82, 2.24) is 4.90 Å². The summed E-state index contributed by atoms with van der Waals surface area (Å²) in [5, 5.41) is 20.0. The van der Waals surface area contributed by atoms with E-state index in [1.807, 2.05) is 25.1 Å². The van der Waals surface area contributed by atoms with Crippen LogP contribution in [0.3, 0.4) is 0 Å². The normalized spacial score (nSPS) is 29.8. The molecule has 0 radical (unpaired) electrons. The molecule has 8 heteroatoms. The van der Waals surface area contributed by atoms with Crippen LogP contribution in [0.15, 0.2) is 90.5 Å². The molecule has 0 bridgehead atoms. The molecule has 3 aromatic rings. The number of anilines is 1. The van der Waals surface area contributed by atoms with E-state index in [2.05, 4.69) is 0 Å². The summed E-state index contributed by atoms with van der Waals surface area (Å²) in [7, 11) is 0. The highest BCUT2D eigenvalue weighted by Gasteiger charge is 2.67. The largest absolute Gasteiger partial charge is 0.508 e. The van der Waals surface area contributed by atoms with Gasteiger partial charge in [0.1, 0.15) is 11.5 Å². The second kappa shape index (κ2) is 9.93. The molecule has 7 rings (SSSR count). The van der Waals surface area contributed by atoms with Crippen molar-refractivity contribution < 1.29 is 29.4 Å². The Morgan fingerprint density at radius 3 is 2.28 bits per heavy atom. The number of phenolic OH excluding ortho intramolecular Hbond substituents is 2. The molecular formula is C35H32N2O6. The molecule has 4 aliphatic rings. The van der Waals surface area contributed by atoms with Gasteiger partial charge in [-0.3, -0.25) is 24.1 Å². The monoisotopic (exact) mass is 576 g/mol. The van der Waals surface area contributed by atoms with E-state index in [4.69, 9.17) is 0 Å². The zero-order valence-electron chi connectivity index (χ0n) is 23.7. The number of para-hydroxylation sites is 1. The van der Waals surface area contributed by atoms with Crippen molar-refractivity contribution in [1.29, 1.82) is 0 Å². The van der Waals surface area contributed by atoms with Crippen LogP contribution in [0.4, 0.5) is 5.69 Å². The third-order valence-electron chi connectivity index (χ3n) is 10.1. The van der Waals surface area contributed by atoms with E-state index in [0.29, 0.717) is 24.1 Å². The van der Waals surface area contributed by atoms with Gasteiger partial charge in [-0.25, -0.2) is 4.90 Å². The molecule has 3 fully saturated rings. The van der Waals surface area contributed by atoms with Gasteiger partial charge in [0.05, 0.1) is 28.9 Å². The van der Waals surface area contributed by atoms with Crippen LogP contribution in [0.5, 0.6) is 11.5 Å². The number of hydrogen-bond acceptors (Lipinski definition) is 6. The maximum absolute atomic E-state index is 14.3. The second-order valence-corrected chi connectivity index (χ2v) is 12.3. The Morgan fingerprint density at radius 2 is 1.56 bits per heavy atom. The number of benzene rings is 3. The summed E-state index contributed by atoms with van der Waals surface area (Å²) in [5.41, 5.74) is 1.87. The standard InChI is InChI=1S/C35H32N2O6/c1-35-28(32(41)37(34(35)43)22-7-3-2-4-8-22)19-27-25(30(35)21-6-5-9-24(39)18-21)14-15-26-29(27)33(42)36(31(26)40)17-16-20-10-12-23(38)13-11-20/h2-14,18,26-30,38-39H,15-17,19H2,1H3/t26-,27+,28-,29-,30-,35+/m0/s1. The van der Waals surface area contributed by atoms with E-state index < -0.39 is 35.0 Å². The molecule has 2 aliphatic heterocycles. The quantitative estimate of drug-likeness (QED) is 0.340. The molecule has 2 N–H and O–H groups in total. The number of hydrogen-bond donors (Lipinski definition) is 2. The van der Waals surface area contributed by atoms with Gasteiger partial charge in [0.2, 0.25) is 23.6 Å². The maximum atomic E-state index is 14.3. The van der Waals surface area contributed by atoms with E-state index in [0.717, 1.165) is 11.1 Å². The lowest BCUT2D eigenvalue weighted by Gasteiger charge is -2.49. The molecule has 2 saturated heterocycles. The van der Waals surface area contributed by atoms with Crippen LogP contribution >= 0.6 is 0 Å². The molecule has 6 atom stereocenters. The highest BCUT2D eigenvalue weighted by molar-refractivity contribution is 6.24. The molecule has 2 heterocycles. The highest BCUT2D eigenvalue weighted by atomic mass is 16.3. The molecule has 0 unspecified atom stereocenters. The van der Waals surface area contributed by atoms with E-state index in [1.165, 1.54) is 9.80 Å². The van der Waals surface area contributed by atoms with Crippen molar-refractivity contribution in [2.24, 2.45) is 29.1 Å². The third-order valence-corrected chi connectivity index (χ3v) is 10.1. The second-order valence-electron chi connectivity index (χ2n) is 12.3. The van der Waals surface area contributed by atoms with Crippen molar-refractivity contribution in [2.45, 2.75) is 32.1 Å². The number of allylic oxidation sites excluding steroid dienone is 2. The molecule has 8 nitrogen and oxygen atoms in total.